The molecular formula is C21H18N3+. The average molecular weight is 312 g/mol. The highest BCUT2D eigenvalue weighted by molar-refractivity contribution is 5.97. The number of fused-ring (bicyclic) bond motifs is 1. The van der Waals surface area contributed by atoms with E-state index in [1.807, 2.05) is 11.6 Å². The summed E-state index contributed by atoms with van der Waals surface area (Å²) in [6, 6.07) is 21.5. The highest BCUT2D eigenvalue weighted by Crippen LogP contribution is 2.31. The summed E-state index contributed by atoms with van der Waals surface area (Å²) in [5, 5.41) is 2.52. The van der Waals surface area contributed by atoms with Crippen LogP contribution in [0.15, 0.2) is 73.3 Å². The predicted molar refractivity (Wildman–Crippen MR) is 96.3 cm³/mol. The molecule has 0 atom stereocenters. The number of hydrogen-bond donors (Lipinski definition) is 0. The molecule has 0 aliphatic rings. The minimum absolute atomic E-state index is 0.921. The van der Waals surface area contributed by atoms with Crippen molar-refractivity contribution in [1.82, 2.24) is 9.97 Å². The SMILES string of the molecule is Cc1ccc(-c2cccc3ccccc23)cc1-c1ncnc[n+]1C. The van der Waals surface area contributed by atoms with Crippen molar-refractivity contribution in [2.24, 2.45) is 7.05 Å². The van der Waals surface area contributed by atoms with Crippen LogP contribution in [0.5, 0.6) is 0 Å². The van der Waals surface area contributed by atoms with Crippen LogP contribution in [-0.4, -0.2) is 9.97 Å². The van der Waals surface area contributed by atoms with Crippen LogP contribution in [0.1, 0.15) is 5.56 Å². The van der Waals surface area contributed by atoms with Gasteiger partial charge in [0, 0.05) is 0 Å². The summed E-state index contributed by atoms with van der Waals surface area (Å²) in [4.78, 5) is 8.53. The highest BCUT2D eigenvalue weighted by Gasteiger charge is 2.14. The second-order valence-corrected chi connectivity index (χ2v) is 6.00. The van der Waals surface area contributed by atoms with Crippen LogP contribution < -0.4 is 4.57 Å². The molecule has 0 aliphatic carbocycles. The van der Waals surface area contributed by atoms with Crippen molar-refractivity contribution >= 4 is 10.8 Å². The lowest BCUT2D eigenvalue weighted by Crippen LogP contribution is -2.32. The van der Waals surface area contributed by atoms with E-state index in [1.165, 1.54) is 27.5 Å². The molecule has 3 aromatic carbocycles. The van der Waals surface area contributed by atoms with Gasteiger partial charge in [-0.05, 0) is 40.5 Å². The van der Waals surface area contributed by atoms with Crippen molar-refractivity contribution in [2.75, 3.05) is 0 Å². The summed E-state index contributed by atoms with van der Waals surface area (Å²) in [5.41, 5.74) is 4.77. The van der Waals surface area contributed by atoms with Crippen LogP contribution in [0.3, 0.4) is 0 Å². The summed E-state index contributed by atoms with van der Waals surface area (Å²) < 4.78 is 1.95. The van der Waals surface area contributed by atoms with E-state index in [2.05, 4.69) is 77.6 Å². The third-order valence-corrected chi connectivity index (χ3v) is 4.40. The van der Waals surface area contributed by atoms with E-state index in [1.54, 1.807) is 12.7 Å². The largest absolute Gasteiger partial charge is 0.273 e. The second kappa shape index (κ2) is 5.85. The second-order valence-electron chi connectivity index (χ2n) is 6.00. The molecule has 0 saturated heterocycles. The fraction of sp³-hybridized carbons (Fsp3) is 0.0952. The van der Waals surface area contributed by atoms with Crippen LogP contribution in [0.2, 0.25) is 0 Å². The van der Waals surface area contributed by atoms with Crippen LogP contribution in [0, 0.1) is 6.92 Å². The third-order valence-electron chi connectivity index (χ3n) is 4.40. The minimum atomic E-state index is 0.921. The summed E-state index contributed by atoms with van der Waals surface area (Å²) in [7, 11) is 1.97. The highest BCUT2D eigenvalue weighted by atomic mass is 15.1. The van der Waals surface area contributed by atoms with E-state index in [9.17, 15) is 0 Å². The van der Waals surface area contributed by atoms with Crippen LogP contribution in [0.4, 0.5) is 0 Å². The van der Waals surface area contributed by atoms with Crippen molar-refractivity contribution in [1.29, 1.82) is 0 Å². The Morgan fingerprint density at radius 3 is 2.58 bits per heavy atom. The zero-order valence-electron chi connectivity index (χ0n) is 13.8. The Bertz CT molecular complexity index is 1030. The number of rotatable bonds is 2. The lowest BCUT2D eigenvalue weighted by molar-refractivity contribution is -0.666. The van der Waals surface area contributed by atoms with Gasteiger partial charge < -0.3 is 0 Å². The molecular weight excluding hydrogens is 294 g/mol. The van der Waals surface area contributed by atoms with Crippen LogP contribution in [-0.2, 0) is 7.05 Å². The molecule has 24 heavy (non-hydrogen) atoms. The van der Waals surface area contributed by atoms with Crippen molar-refractivity contribution in [2.45, 2.75) is 6.92 Å². The first-order valence-corrected chi connectivity index (χ1v) is 7.99. The molecule has 0 N–H and O–H groups in total. The minimum Gasteiger partial charge on any atom is -0.236 e. The predicted octanol–water partition coefficient (Wildman–Crippen LogP) is 4.10. The van der Waals surface area contributed by atoms with Crippen LogP contribution >= 0.6 is 0 Å². The van der Waals surface area contributed by atoms with Gasteiger partial charge in [0.2, 0.25) is 6.33 Å². The smallest absolute Gasteiger partial charge is 0.236 e. The fourth-order valence-corrected chi connectivity index (χ4v) is 3.13. The van der Waals surface area contributed by atoms with Gasteiger partial charge in [-0.15, -0.1) is 0 Å². The number of aromatic nitrogens is 3. The molecule has 0 spiro atoms. The quantitative estimate of drug-likeness (QED) is 0.522. The standard InChI is InChI=1S/C21H18N3/c1-15-10-11-17(12-20(15)21-23-13-22-14-24(21)2)19-9-5-7-16-6-3-4-8-18(16)19/h3-14H,1-2H3/q+1. The van der Waals surface area contributed by atoms with Crippen molar-refractivity contribution in [3.8, 4) is 22.5 Å². The molecule has 0 saturated carbocycles. The third kappa shape index (κ3) is 2.44. The van der Waals surface area contributed by atoms with Crippen molar-refractivity contribution in [3.63, 3.8) is 0 Å². The zero-order valence-corrected chi connectivity index (χ0v) is 13.8. The molecule has 0 unspecified atom stereocenters. The van der Waals surface area contributed by atoms with Gasteiger partial charge in [-0.25, -0.2) is 4.57 Å². The first-order chi connectivity index (χ1) is 11.7. The molecule has 4 rings (SSSR count). The topological polar surface area (TPSA) is 29.7 Å². The Morgan fingerprint density at radius 2 is 1.71 bits per heavy atom. The van der Waals surface area contributed by atoms with E-state index in [0.717, 1.165) is 11.4 Å². The first-order valence-electron chi connectivity index (χ1n) is 7.99. The van der Waals surface area contributed by atoms with Gasteiger partial charge >= 0.3 is 0 Å². The molecule has 0 fully saturated rings. The number of nitrogens with zero attached hydrogens (tertiary/aromatic N) is 3. The van der Waals surface area contributed by atoms with Gasteiger partial charge in [0.05, 0.1) is 12.6 Å². The monoisotopic (exact) mass is 312 g/mol. The summed E-state index contributed by atoms with van der Waals surface area (Å²) in [5.74, 6) is 0.921. The lowest BCUT2D eigenvalue weighted by Gasteiger charge is -2.10. The molecule has 0 radical (unpaired) electrons. The fourth-order valence-electron chi connectivity index (χ4n) is 3.13. The Hall–Kier alpha value is -3.07. The van der Waals surface area contributed by atoms with Crippen LogP contribution in [0.25, 0.3) is 33.3 Å². The Morgan fingerprint density at radius 1 is 0.875 bits per heavy atom. The molecule has 3 heteroatoms. The molecule has 1 aromatic heterocycles. The molecule has 0 amide bonds. The Balaban J connectivity index is 1.94. The summed E-state index contributed by atoms with van der Waals surface area (Å²) in [6.45, 7) is 2.12. The molecule has 0 aliphatic heterocycles. The molecule has 0 bridgehead atoms. The molecule has 3 nitrogen and oxygen atoms in total. The van der Waals surface area contributed by atoms with E-state index >= 15 is 0 Å². The van der Waals surface area contributed by atoms with Gasteiger partial charge in [-0.1, -0.05) is 64.6 Å². The first kappa shape index (κ1) is 14.5. The maximum Gasteiger partial charge on any atom is 0.273 e. The summed E-state index contributed by atoms with van der Waals surface area (Å²) >= 11 is 0. The van der Waals surface area contributed by atoms with Gasteiger partial charge in [0.25, 0.3) is 12.2 Å². The van der Waals surface area contributed by atoms with Gasteiger partial charge in [-0.3, -0.25) is 0 Å². The molecule has 1 heterocycles. The maximum absolute atomic E-state index is 4.46. The maximum atomic E-state index is 4.46. The normalized spacial score (nSPS) is 10.9. The van der Waals surface area contributed by atoms with Gasteiger partial charge in [-0.2, -0.15) is 0 Å². The Kier molecular flexibility index (Phi) is 3.54. The van der Waals surface area contributed by atoms with Crippen molar-refractivity contribution < 1.29 is 4.57 Å². The molecule has 4 aromatic rings. The van der Waals surface area contributed by atoms with Gasteiger partial charge in [0.15, 0.2) is 0 Å². The lowest BCUT2D eigenvalue weighted by atomic mass is 9.95. The van der Waals surface area contributed by atoms with E-state index in [-0.39, 0.29) is 0 Å². The van der Waals surface area contributed by atoms with Crippen molar-refractivity contribution in [3.05, 3.63) is 78.9 Å². The van der Waals surface area contributed by atoms with E-state index in [0.29, 0.717) is 0 Å². The van der Waals surface area contributed by atoms with Gasteiger partial charge in [0.1, 0.15) is 0 Å². The summed E-state index contributed by atoms with van der Waals surface area (Å²) in [6.07, 6.45) is 3.38. The van der Waals surface area contributed by atoms with E-state index < -0.39 is 0 Å². The number of hydrogen-bond acceptors (Lipinski definition) is 2. The average Bonchev–Trinajstić information content (AvgIpc) is 2.62. The van der Waals surface area contributed by atoms with E-state index in [4.69, 9.17) is 0 Å². The number of benzene rings is 3. The zero-order chi connectivity index (χ0) is 16.5. The Labute approximate surface area is 141 Å². The molecule has 116 valence electrons. The number of aryl methyl sites for hydroxylation is 2.